The number of benzene rings is 2. The Morgan fingerprint density at radius 1 is 1.16 bits per heavy atom. The van der Waals surface area contributed by atoms with E-state index in [2.05, 4.69) is 15.9 Å². The van der Waals surface area contributed by atoms with Gasteiger partial charge in [0.15, 0.2) is 0 Å². The smallest absolute Gasteiger partial charge is 0.137 e. The molecule has 5 heteroatoms. The van der Waals surface area contributed by atoms with Crippen molar-refractivity contribution in [3.63, 3.8) is 0 Å². The van der Waals surface area contributed by atoms with Gasteiger partial charge in [0.2, 0.25) is 0 Å². The van der Waals surface area contributed by atoms with Crippen LogP contribution in [0.5, 0.6) is 0 Å². The van der Waals surface area contributed by atoms with Crippen LogP contribution >= 0.6 is 27.5 Å². The Balaban J connectivity index is 2.25. The minimum atomic E-state index is -0.624. The molecule has 2 aromatic carbocycles. The Labute approximate surface area is 123 Å². The Bertz CT molecular complexity index is 604. The van der Waals surface area contributed by atoms with Crippen LogP contribution in [-0.4, -0.2) is 0 Å². The lowest BCUT2D eigenvalue weighted by Gasteiger charge is -2.14. The van der Waals surface area contributed by atoms with Crippen molar-refractivity contribution in [3.8, 4) is 0 Å². The van der Waals surface area contributed by atoms with Crippen molar-refractivity contribution in [1.82, 2.24) is 0 Å². The van der Waals surface area contributed by atoms with Crippen LogP contribution < -0.4 is 5.73 Å². The second-order valence-corrected chi connectivity index (χ2v) is 5.52. The fourth-order valence-electron chi connectivity index (χ4n) is 1.85. The molecule has 0 radical (unpaired) electrons. The van der Waals surface area contributed by atoms with Crippen molar-refractivity contribution in [2.24, 2.45) is 5.73 Å². The second kappa shape index (κ2) is 5.99. The molecular weight excluding hydrogens is 336 g/mol. The lowest BCUT2D eigenvalue weighted by atomic mass is 9.99. The van der Waals surface area contributed by atoms with E-state index in [4.69, 9.17) is 17.3 Å². The SMILES string of the molecule is NC(Cc1cccc(Cl)c1)c1cc(F)c(Br)cc1F. The van der Waals surface area contributed by atoms with Gasteiger partial charge in [-0.1, -0.05) is 23.7 Å². The zero-order chi connectivity index (χ0) is 14.0. The van der Waals surface area contributed by atoms with Gasteiger partial charge in [0.05, 0.1) is 4.47 Å². The topological polar surface area (TPSA) is 26.0 Å². The summed E-state index contributed by atoms with van der Waals surface area (Å²) in [7, 11) is 0. The van der Waals surface area contributed by atoms with Crippen LogP contribution in [0.3, 0.4) is 0 Å². The average Bonchev–Trinajstić information content (AvgIpc) is 2.33. The first-order valence-electron chi connectivity index (χ1n) is 5.62. The summed E-state index contributed by atoms with van der Waals surface area (Å²) in [5.74, 6) is -1.05. The molecule has 0 spiro atoms. The summed E-state index contributed by atoms with van der Waals surface area (Å²) in [4.78, 5) is 0. The van der Waals surface area contributed by atoms with Gasteiger partial charge in [0, 0.05) is 16.6 Å². The van der Waals surface area contributed by atoms with E-state index in [-0.39, 0.29) is 10.0 Å². The summed E-state index contributed by atoms with van der Waals surface area (Å²) >= 11 is 8.80. The van der Waals surface area contributed by atoms with Crippen LogP contribution in [0.4, 0.5) is 8.78 Å². The molecule has 0 aliphatic heterocycles. The average molecular weight is 347 g/mol. The van der Waals surface area contributed by atoms with Crippen molar-refractivity contribution < 1.29 is 8.78 Å². The Kier molecular flexibility index (Phi) is 4.55. The first kappa shape index (κ1) is 14.4. The van der Waals surface area contributed by atoms with Crippen molar-refractivity contribution in [2.75, 3.05) is 0 Å². The minimum Gasteiger partial charge on any atom is -0.324 e. The van der Waals surface area contributed by atoms with Crippen LogP contribution in [0.15, 0.2) is 40.9 Å². The lowest BCUT2D eigenvalue weighted by molar-refractivity contribution is 0.557. The largest absolute Gasteiger partial charge is 0.324 e. The molecule has 1 nitrogen and oxygen atoms in total. The van der Waals surface area contributed by atoms with E-state index in [9.17, 15) is 8.78 Å². The molecule has 0 saturated heterocycles. The predicted octanol–water partition coefficient (Wildman–Crippen LogP) is 4.62. The van der Waals surface area contributed by atoms with E-state index in [1.165, 1.54) is 0 Å². The maximum Gasteiger partial charge on any atom is 0.137 e. The van der Waals surface area contributed by atoms with Crippen molar-refractivity contribution in [1.29, 1.82) is 0 Å². The highest BCUT2D eigenvalue weighted by molar-refractivity contribution is 9.10. The van der Waals surface area contributed by atoms with Gasteiger partial charge in [-0.25, -0.2) is 8.78 Å². The third-order valence-corrected chi connectivity index (χ3v) is 3.63. The molecule has 2 rings (SSSR count). The van der Waals surface area contributed by atoms with Gasteiger partial charge in [-0.3, -0.25) is 0 Å². The molecule has 1 unspecified atom stereocenters. The third-order valence-electron chi connectivity index (χ3n) is 2.78. The maximum atomic E-state index is 13.8. The Morgan fingerprint density at radius 3 is 2.58 bits per heavy atom. The summed E-state index contributed by atoms with van der Waals surface area (Å²) in [6, 6.07) is 8.73. The molecule has 0 saturated carbocycles. The fraction of sp³-hybridized carbons (Fsp3) is 0.143. The van der Waals surface area contributed by atoms with Crippen LogP contribution in [0, 0.1) is 11.6 Å². The van der Waals surface area contributed by atoms with Gasteiger partial charge in [0.1, 0.15) is 11.6 Å². The summed E-state index contributed by atoms with van der Waals surface area (Å²) in [5, 5.41) is 0.590. The van der Waals surface area contributed by atoms with Crippen molar-refractivity contribution in [3.05, 3.63) is 68.7 Å². The van der Waals surface area contributed by atoms with Gasteiger partial charge in [-0.15, -0.1) is 0 Å². The van der Waals surface area contributed by atoms with Crippen LogP contribution in [-0.2, 0) is 6.42 Å². The van der Waals surface area contributed by atoms with Crippen LogP contribution in [0.2, 0.25) is 5.02 Å². The molecule has 1 atom stereocenters. The molecule has 0 heterocycles. The van der Waals surface area contributed by atoms with E-state index in [1.54, 1.807) is 18.2 Å². The monoisotopic (exact) mass is 345 g/mol. The van der Waals surface area contributed by atoms with E-state index in [0.717, 1.165) is 17.7 Å². The van der Waals surface area contributed by atoms with Gasteiger partial charge in [-0.2, -0.15) is 0 Å². The molecule has 100 valence electrons. The highest BCUT2D eigenvalue weighted by atomic mass is 79.9. The minimum absolute atomic E-state index is 0.0868. The highest BCUT2D eigenvalue weighted by Crippen LogP contribution is 2.25. The molecule has 19 heavy (non-hydrogen) atoms. The summed E-state index contributed by atoms with van der Waals surface area (Å²) < 4.78 is 27.3. The Hall–Kier alpha value is -0.970. The molecule has 0 bridgehead atoms. The summed E-state index contributed by atoms with van der Waals surface area (Å²) in [6.07, 6.45) is 0.387. The number of nitrogens with two attached hydrogens (primary N) is 1. The molecule has 0 aliphatic rings. The molecule has 0 aliphatic carbocycles. The predicted molar refractivity (Wildman–Crippen MR) is 76.1 cm³/mol. The van der Waals surface area contributed by atoms with E-state index in [0.29, 0.717) is 11.4 Å². The molecule has 0 amide bonds. The van der Waals surface area contributed by atoms with E-state index >= 15 is 0 Å². The van der Waals surface area contributed by atoms with Gasteiger partial charge in [0.25, 0.3) is 0 Å². The summed E-state index contributed by atoms with van der Waals surface area (Å²) in [6.45, 7) is 0. The van der Waals surface area contributed by atoms with E-state index < -0.39 is 17.7 Å². The van der Waals surface area contributed by atoms with E-state index in [1.807, 2.05) is 6.07 Å². The molecule has 0 aromatic heterocycles. The van der Waals surface area contributed by atoms with Crippen LogP contribution in [0.1, 0.15) is 17.2 Å². The molecule has 0 fully saturated rings. The number of hydrogen-bond acceptors (Lipinski definition) is 1. The standard InChI is InChI=1S/C14H11BrClF2N/c15-11-7-12(17)10(6-13(11)18)14(19)5-8-2-1-3-9(16)4-8/h1-4,6-7,14H,5,19H2. The highest BCUT2D eigenvalue weighted by Gasteiger charge is 2.15. The van der Waals surface area contributed by atoms with Gasteiger partial charge >= 0.3 is 0 Å². The number of hydrogen-bond donors (Lipinski definition) is 1. The van der Waals surface area contributed by atoms with Gasteiger partial charge < -0.3 is 5.73 Å². The first-order valence-corrected chi connectivity index (χ1v) is 6.79. The normalized spacial score (nSPS) is 12.5. The Morgan fingerprint density at radius 2 is 1.89 bits per heavy atom. The molecule has 2 N–H and O–H groups in total. The van der Waals surface area contributed by atoms with Crippen molar-refractivity contribution >= 4 is 27.5 Å². The van der Waals surface area contributed by atoms with Crippen molar-refractivity contribution in [2.45, 2.75) is 12.5 Å². The lowest BCUT2D eigenvalue weighted by Crippen LogP contribution is -2.15. The zero-order valence-corrected chi connectivity index (χ0v) is 12.2. The molecule has 2 aromatic rings. The zero-order valence-electron chi connectivity index (χ0n) is 9.84. The number of halogens is 4. The fourth-order valence-corrected chi connectivity index (χ4v) is 2.38. The number of rotatable bonds is 3. The van der Waals surface area contributed by atoms with Gasteiger partial charge in [-0.05, 0) is 52.2 Å². The second-order valence-electron chi connectivity index (χ2n) is 4.23. The third kappa shape index (κ3) is 3.53. The summed E-state index contributed by atoms with van der Waals surface area (Å²) in [5.41, 5.74) is 6.96. The first-order chi connectivity index (χ1) is 8.97. The quantitative estimate of drug-likeness (QED) is 0.806. The van der Waals surface area contributed by atoms with Crippen LogP contribution in [0.25, 0.3) is 0 Å². The molecular formula is C14H11BrClF2N. The maximum absolute atomic E-state index is 13.8.